The fourth-order valence-electron chi connectivity index (χ4n) is 4.65. The number of nitro benzene ring substituents is 1. The molecule has 1 fully saturated rings. The monoisotopic (exact) mass is 582 g/mol. The number of carbonyl (C=O) groups excluding carboxylic acids is 3. The molecule has 2 aromatic heterocycles. The number of non-ortho nitro benzene ring substituents is 1. The number of nitro groups is 1. The molecule has 0 radical (unpaired) electrons. The third kappa shape index (κ3) is 5.24. The zero-order chi connectivity index (χ0) is 28.6. The normalized spacial score (nSPS) is 18.2. The van der Waals surface area contributed by atoms with Gasteiger partial charge in [0, 0.05) is 41.4 Å². The predicted molar refractivity (Wildman–Crippen MR) is 138 cm³/mol. The minimum Gasteiger partial charge on any atom is -0.543 e. The fourth-order valence-corrected chi connectivity index (χ4v) is 6.76. The standard InChI is InChI=1S/C25H21N5O8S2/c1-25(2,38-24(34)37-12-13-3-5-15(6-4-13)30(35)36)18-16-11-17(19(22(32)33)29(16)21(18)31)39-23-28-27-20(40-23)14-7-9-26-10-8-14/h3-10,16,18H,11-12H2,1-2H3,(H,32,33)/p-1/t16-,18+/m1/s1. The molecule has 5 rings (SSSR count). The second-order valence-corrected chi connectivity index (χ2v) is 11.7. The van der Waals surface area contributed by atoms with Crippen LogP contribution in [0.2, 0.25) is 0 Å². The fraction of sp³-hybridized carbons (Fsp3) is 0.280. The van der Waals surface area contributed by atoms with Crippen LogP contribution in [0.1, 0.15) is 25.8 Å². The summed E-state index contributed by atoms with van der Waals surface area (Å²) in [6, 6.07) is 8.48. The minimum atomic E-state index is -1.49. The average molecular weight is 583 g/mol. The van der Waals surface area contributed by atoms with Gasteiger partial charge in [-0.25, -0.2) is 4.79 Å². The van der Waals surface area contributed by atoms with Crippen molar-refractivity contribution < 1.29 is 33.9 Å². The van der Waals surface area contributed by atoms with Gasteiger partial charge in [0.25, 0.3) is 5.69 Å². The Kier molecular flexibility index (Phi) is 7.25. The van der Waals surface area contributed by atoms with Crippen molar-refractivity contribution in [1.82, 2.24) is 20.1 Å². The van der Waals surface area contributed by atoms with Gasteiger partial charge in [0.15, 0.2) is 4.34 Å². The van der Waals surface area contributed by atoms with Gasteiger partial charge in [-0.2, -0.15) is 0 Å². The summed E-state index contributed by atoms with van der Waals surface area (Å²) in [7, 11) is 0. The molecular formula is C25H20N5O8S2-. The van der Waals surface area contributed by atoms with Crippen LogP contribution in [-0.4, -0.2) is 54.7 Å². The molecule has 1 amide bonds. The number of benzene rings is 1. The van der Waals surface area contributed by atoms with Gasteiger partial charge in [-0.05, 0) is 43.7 Å². The molecule has 15 heteroatoms. The Balaban J connectivity index is 1.24. The quantitative estimate of drug-likeness (QED) is 0.156. The Labute approximate surface area is 235 Å². The van der Waals surface area contributed by atoms with E-state index < -0.39 is 40.5 Å². The number of carboxylic acids is 1. The van der Waals surface area contributed by atoms with Crippen LogP contribution in [0, 0.1) is 16.0 Å². The van der Waals surface area contributed by atoms with Crippen LogP contribution >= 0.6 is 23.1 Å². The van der Waals surface area contributed by atoms with Crippen molar-refractivity contribution in [2.24, 2.45) is 5.92 Å². The number of amides is 1. The molecule has 1 saturated heterocycles. The van der Waals surface area contributed by atoms with Gasteiger partial charge in [-0.3, -0.25) is 19.9 Å². The van der Waals surface area contributed by atoms with Crippen molar-refractivity contribution in [3.05, 3.63) is 75.1 Å². The number of carboxylic acid groups (broad SMARTS) is 1. The molecule has 2 aliphatic heterocycles. The number of carbonyl (C=O) groups is 3. The molecule has 0 bridgehead atoms. The Morgan fingerprint density at radius 3 is 2.52 bits per heavy atom. The van der Waals surface area contributed by atoms with Gasteiger partial charge in [0.2, 0.25) is 5.91 Å². The highest BCUT2D eigenvalue weighted by Crippen LogP contribution is 2.51. The first kappa shape index (κ1) is 27.2. The Morgan fingerprint density at radius 1 is 1.18 bits per heavy atom. The number of rotatable bonds is 9. The molecule has 1 aromatic carbocycles. The third-order valence-electron chi connectivity index (χ3n) is 6.46. The summed E-state index contributed by atoms with van der Waals surface area (Å²) in [4.78, 5) is 53.3. The molecule has 2 aliphatic rings. The van der Waals surface area contributed by atoms with Gasteiger partial charge in [-0.15, -0.1) is 10.2 Å². The molecule has 0 unspecified atom stereocenters. The lowest BCUT2D eigenvalue weighted by Crippen LogP contribution is -2.66. The number of hydrogen-bond donors (Lipinski definition) is 0. The summed E-state index contributed by atoms with van der Waals surface area (Å²) < 4.78 is 11.1. The molecule has 0 aliphatic carbocycles. The van der Waals surface area contributed by atoms with Crippen molar-refractivity contribution in [3.8, 4) is 10.6 Å². The number of thioether (sulfide) groups is 1. The minimum absolute atomic E-state index is 0.0977. The highest BCUT2D eigenvalue weighted by atomic mass is 32.2. The van der Waals surface area contributed by atoms with E-state index in [9.17, 15) is 29.6 Å². The molecule has 3 aromatic rings. The summed E-state index contributed by atoms with van der Waals surface area (Å²) in [5.74, 6) is -2.83. The smallest absolute Gasteiger partial charge is 0.509 e. The van der Waals surface area contributed by atoms with Crippen LogP contribution in [0.15, 0.2) is 63.7 Å². The summed E-state index contributed by atoms with van der Waals surface area (Å²) in [5.41, 5.74) is -0.319. The molecule has 206 valence electrons. The maximum atomic E-state index is 13.1. The van der Waals surface area contributed by atoms with Crippen LogP contribution in [0.5, 0.6) is 0 Å². The van der Waals surface area contributed by atoms with Crippen molar-refractivity contribution in [2.45, 2.75) is 42.9 Å². The van der Waals surface area contributed by atoms with E-state index in [0.29, 0.717) is 19.8 Å². The maximum absolute atomic E-state index is 13.1. The Bertz CT molecular complexity index is 1520. The summed E-state index contributed by atoms with van der Waals surface area (Å²) in [6.45, 7) is 2.91. The van der Waals surface area contributed by atoms with Crippen LogP contribution in [0.3, 0.4) is 0 Å². The lowest BCUT2D eigenvalue weighted by molar-refractivity contribution is -0.384. The molecule has 4 heterocycles. The van der Waals surface area contributed by atoms with Gasteiger partial charge in [0.05, 0.1) is 28.5 Å². The van der Waals surface area contributed by atoms with Gasteiger partial charge in [-0.1, -0.05) is 23.1 Å². The first-order valence-electron chi connectivity index (χ1n) is 11.8. The maximum Gasteiger partial charge on any atom is 0.509 e. The van der Waals surface area contributed by atoms with Gasteiger partial charge >= 0.3 is 6.16 Å². The van der Waals surface area contributed by atoms with E-state index in [1.807, 2.05) is 0 Å². The number of hydrogen-bond acceptors (Lipinski definition) is 13. The first-order chi connectivity index (χ1) is 19.0. The summed E-state index contributed by atoms with van der Waals surface area (Å²) in [5, 5.41) is 31.7. The lowest BCUT2D eigenvalue weighted by Gasteiger charge is -2.50. The number of pyridine rings is 1. The van der Waals surface area contributed by atoms with E-state index in [1.165, 1.54) is 40.5 Å². The molecule has 40 heavy (non-hydrogen) atoms. The molecule has 0 saturated carbocycles. The van der Waals surface area contributed by atoms with E-state index >= 15 is 0 Å². The lowest BCUT2D eigenvalue weighted by atomic mass is 9.76. The molecular weight excluding hydrogens is 562 g/mol. The first-order valence-corrected chi connectivity index (χ1v) is 13.5. The van der Waals surface area contributed by atoms with E-state index in [0.717, 1.165) is 17.3 Å². The number of β-lactam (4-membered cyclic amide) rings is 1. The topological polar surface area (TPSA) is 178 Å². The highest BCUT2D eigenvalue weighted by Gasteiger charge is 2.60. The highest BCUT2D eigenvalue weighted by molar-refractivity contribution is 8.04. The zero-order valence-electron chi connectivity index (χ0n) is 21.0. The van der Waals surface area contributed by atoms with Gasteiger partial charge in [0.1, 0.15) is 17.2 Å². The molecule has 13 nitrogen and oxygen atoms in total. The SMILES string of the molecule is CC(C)(OC(=O)OCc1ccc([N+](=O)[O-])cc1)[C@@H]1C(=O)N2C(C(=O)[O-])=C(Sc3nnc(-c4ccncc4)s3)C[C@H]12. The van der Waals surface area contributed by atoms with Crippen molar-refractivity contribution in [2.75, 3.05) is 0 Å². The van der Waals surface area contributed by atoms with Crippen molar-refractivity contribution in [3.63, 3.8) is 0 Å². The summed E-state index contributed by atoms with van der Waals surface area (Å²) >= 11 is 2.38. The number of ether oxygens (including phenoxy) is 2. The van der Waals surface area contributed by atoms with E-state index in [-0.39, 0.29) is 24.4 Å². The number of aromatic nitrogens is 3. The largest absolute Gasteiger partial charge is 0.543 e. The van der Waals surface area contributed by atoms with Crippen molar-refractivity contribution >= 4 is 46.8 Å². The van der Waals surface area contributed by atoms with Gasteiger partial charge < -0.3 is 24.3 Å². The van der Waals surface area contributed by atoms with Crippen LogP contribution in [-0.2, 0) is 25.7 Å². The molecule has 2 atom stereocenters. The Hall–Kier alpha value is -4.37. The predicted octanol–water partition coefficient (Wildman–Crippen LogP) is 2.92. The second-order valence-electron chi connectivity index (χ2n) is 9.40. The number of fused-ring (bicyclic) bond motifs is 1. The number of nitrogens with zero attached hydrogens (tertiary/aromatic N) is 5. The third-order valence-corrected chi connectivity index (χ3v) is 8.59. The molecule has 0 spiro atoms. The van der Waals surface area contributed by atoms with Crippen LogP contribution in [0.4, 0.5) is 10.5 Å². The number of aliphatic carboxylic acids is 1. The van der Waals surface area contributed by atoms with E-state index in [4.69, 9.17) is 9.47 Å². The van der Waals surface area contributed by atoms with Crippen molar-refractivity contribution in [1.29, 1.82) is 0 Å². The van der Waals surface area contributed by atoms with E-state index in [2.05, 4.69) is 15.2 Å². The van der Waals surface area contributed by atoms with E-state index in [1.54, 1.807) is 38.4 Å². The zero-order valence-corrected chi connectivity index (χ0v) is 22.6. The second kappa shape index (κ2) is 10.7. The summed E-state index contributed by atoms with van der Waals surface area (Å²) in [6.07, 6.45) is 2.43. The van der Waals surface area contributed by atoms with Crippen LogP contribution < -0.4 is 5.11 Å². The average Bonchev–Trinajstić information content (AvgIpc) is 3.50. The molecule has 0 N–H and O–H groups in total. The Morgan fingerprint density at radius 2 is 1.88 bits per heavy atom. The van der Waals surface area contributed by atoms with Crippen LogP contribution in [0.25, 0.3) is 10.6 Å².